The van der Waals surface area contributed by atoms with Crippen molar-refractivity contribution < 1.29 is 0 Å². The van der Waals surface area contributed by atoms with Gasteiger partial charge in [-0.3, -0.25) is 0 Å². The van der Waals surface area contributed by atoms with Crippen molar-refractivity contribution in [3.8, 4) is 0 Å². The predicted molar refractivity (Wildman–Crippen MR) is 112 cm³/mol. The van der Waals surface area contributed by atoms with Crippen LogP contribution in [0.2, 0.25) is 0 Å². The van der Waals surface area contributed by atoms with Crippen molar-refractivity contribution in [2.45, 2.75) is 110 Å². The Hall–Kier alpha value is -0.820. The molecule has 0 unspecified atom stereocenters. The van der Waals surface area contributed by atoms with E-state index in [-0.39, 0.29) is 6.15 Å². The fraction of sp³-hybridized carbons (Fsp3) is 0.739. The normalized spacial score (nSPS) is 9.75. The van der Waals surface area contributed by atoms with Crippen LogP contribution >= 0.6 is 0 Å². The molecule has 0 spiro atoms. The molecule has 0 aliphatic heterocycles. The van der Waals surface area contributed by atoms with Gasteiger partial charge in [0, 0.05) is 0 Å². The fourth-order valence-corrected chi connectivity index (χ4v) is 2.83. The first kappa shape index (κ1) is 25.4. The summed E-state index contributed by atoms with van der Waals surface area (Å²) in [5.74, 6) is 0. The Morgan fingerprint density at radius 1 is 0.333 bits per heavy atom. The number of rotatable bonds is 14. The molecule has 0 amide bonds. The Bertz CT molecular complexity index is 243. The summed E-state index contributed by atoms with van der Waals surface area (Å²) in [6.45, 7) is 4.58. The SMILES string of the molecule is CCCCCCCCCCCCCCCCC.N.c1ccccc1. The van der Waals surface area contributed by atoms with Gasteiger partial charge in [0.25, 0.3) is 0 Å². The van der Waals surface area contributed by atoms with Crippen molar-refractivity contribution in [1.29, 1.82) is 0 Å². The first-order chi connectivity index (χ1) is 11.4. The maximum atomic E-state index is 2.29. The van der Waals surface area contributed by atoms with Crippen molar-refractivity contribution in [2.24, 2.45) is 0 Å². The van der Waals surface area contributed by atoms with Gasteiger partial charge >= 0.3 is 0 Å². The van der Waals surface area contributed by atoms with Gasteiger partial charge in [-0.05, 0) is 0 Å². The summed E-state index contributed by atoms with van der Waals surface area (Å²) in [5.41, 5.74) is 0. The van der Waals surface area contributed by atoms with E-state index in [1.54, 1.807) is 0 Å². The molecule has 1 nitrogen and oxygen atoms in total. The summed E-state index contributed by atoms with van der Waals surface area (Å²) in [6.07, 6.45) is 21.9. The largest absolute Gasteiger partial charge is 0.344 e. The van der Waals surface area contributed by atoms with E-state index in [9.17, 15) is 0 Å². The maximum Gasteiger partial charge on any atom is -0.0533 e. The second-order valence-corrected chi connectivity index (χ2v) is 6.75. The molecule has 1 rings (SSSR count). The molecule has 0 aromatic heterocycles. The van der Waals surface area contributed by atoms with Gasteiger partial charge in [0.15, 0.2) is 0 Å². The third-order valence-corrected chi connectivity index (χ3v) is 4.37. The minimum Gasteiger partial charge on any atom is -0.344 e. The van der Waals surface area contributed by atoms with Crippen LogP contribution in [0.4, 0.5) is 0 Å². The van der Waals surface area contributed by atoms with Gasteiger partial charge in [-0.15, -0.1) is 0 Å². The Morgan fingerprint density at radius 3 is 0.667 bits per heavy atom. The van der Waals surface area contributed by atoms with Crippen LogP contribution in [-0.4, -0.2) is 0 Å². The van der Waals surface area contributed by atoms with E-state index < -0.39 is 0 Å². The summed E-state index contributed by atoms with van der Waals surface area (Å²) in [7, 11) is 0. The average molecular weight is 336 g/mol. The quantitative estimate of drug-likeness (QED) is 0.339. The summed E-state index contributed by atoms with van der Waals surface area (Å²) >= 11 is 0. The van der Waals surface area contributed by atoms with Crippen molar-refractivity contribution in [3.63, 3.8) is 0 Å². The zero-order valence-corrected chi connectivity index (χ0v) is 16.8. The topological polar surface area (TPSA) is 35.0 Å². The number of hydrogen-bond donors (Lipinski definition) is 1. The molecule has 1 aromatic carbocycles. The van der Waals surface area contributed by atoms with Gasteiger partial charge < -0.3 is 6.15 Å². The van der Waals surface area contributed by atoms with E-state index >= 15 is 0 Å². The van der Waals surface area contributed by atoms with Crippen LogP contribution in [-0.2, 0) is 0 Å². The summed E-state index contributed by atoms with van der Waals surface area (Å²) < 4.78 is 0. The molecule has 0 aliphatic rings. The molecule has 3 N–H and O–H groups in total. The van der Waals surface area contributed by atoms with Crippen molar-refractivity contribution in [1.82, 2.24) is 6.15 Å². The van der Waals surface area contributed by atoms with E-state index in [0.717, 1.165) is 0 Å². The van der Waals surface area contributed by atoms with Crippen LogP contribution in [0.25, 0.3) is 0 Å². The lowest BCUT2D eigenvalue weighted by Gasteiger charge is -2.02. The zero-order chi connectivity index (χ0) is 16.8. The molecule has 1 aromatic rings. The second-order valence-electron chi connectivity index (χ2n) is 6.75. The Balaban J connectivity index is 0. The number of hydrogen-bond acceptors (Lipinski definition) is 1. The lowest BCUT2D eigenvalue weighted by Crippen LogP contribution is -1.82. The molecular weight excluding hydrogens is 290 g/mol. The summed E-state index contributed by atoms with van der Waals surface area (Å²) in [4.78, 5) is 0. The maximum absolute atomic E-state index is 2.29. The smallest absolute Gasteiger partial charge is 0.0533 e. The Morgan fingerprint density at radius 2 is 0.500 bits per heavy atom. The van der Waals surface area contributed by atoms with Crippen LogP contribution < -0.4 is 6.15 Å². The van der Waals surface area contributed by atoms with Crippen molar-refractivity contribution in [3.05, 3.63) is 36.4 Å². The highest BCUT2D eigenvalue weighted by Gasteiger charge is 1.93. The molecule has 0 fully saturated rings. The lowest BCUT2D eigenvalue weighted by molar-refractivity contribution is 0.534. The summed E-state index contributed by atoms with van der Waals surface area (Å²) in [5, 5.41) is 0. The standard InChI is InChI=1S/C17H36.C6H6.H3N/c1-3-5-7-9-11-13-15-17-16-14-12-10-8-6-4-2;1-2-4-6-5-3-1;/h3-17H2,1-2H3;1-6H;1H3. The van der Waals surface area contributed by atoms with E-state index in [1.807, 2.05) is 36.4 Å². The van der Waals surface area contributed by atoms with Crippen molar-refractivity contribution in [2.75, 3.05) is 0 Å². The molecule has 142 valence electrons. The molecule has 0 heterocycles. The molecule has 0 aliphatic carbocycles. The van der Waals surface area contributed by atoms with E-state index in [4.69, 9.17) is 0 Å². The Labute approximate surface area is 153 Å². The van der Waals surface area contributed by atoms with E-state index in [1.165, 1.54) is 96.3 Å². The van der Waals surface area contributed by atoms with Gasteiger partial charge in [-0.25, -0.2) is 0 Å². The predicted octanol–water partition coefficient (Wildman–Crippen LogP) is 8.73. The fourth-order valence-electron chi connectivity index (χ4n) is 2.83. The minimum absolute atomic E-state index is 0. The number of benzene rings is 1. The zero-order valence-electron chi connectivity index (χ0n) is 16.8. The molecule has 0 radical (unpaired) electrons. The van der Waals surface area contributed by atoms with Crippen LogP contribution in [0.15, 0.2) is 36.4 Å². The van der Waals surface area contributed by atoms with E-state index in [2.05, 4.69) is 13.8 Å². The first-order valence-corrected chi connectivity index (χ1v) is 10.4. The van der Waals surface area contributed by atoms with E-state index in [0.29, 0.717) is 0 Å². The molecule has 0 saturated carbocycles. The lowest BCUT2D eigenvalue weighted by atomic mass is 10.0. The highest BCUT2D eigenvalue weighted by atomic mass is 14.0. The minimum atomic E-state index is 0. The third kappa shape index (κ3) is 23.4. The van der Waals surface area contributed by atoms with Gasteiger partial charge in [0.2, 0.25) is 0 Å². The highest BCUT2D eigenvalue weighted by Crippen LogP contribution is 2.13. The molecule has 0 atom stereocenters. The third-order valence-electron chi connectivity index (χ3n) is 4.37. The molecular formula is C23H45N. The highest BCUT2D eigenvalue weighted by molar-refractivity contribution is 4.99. The van der Waals surface area contributed by atoms with Crippen LogP contribution in [0.5, 0.6) is 0 Å². The van der Waals surface area contributed by atoms with Crippen LogP contribution in [0.1, 0.15) is 110 Å². The summed E-state index contributed by atoms with van der Waals surface area (Å²) in [6, 6.07) is 12.0. The monoisotopic (exact) mass is 335 g/mol. The Kier molecular flexibility index (Phi) is 25.9. The molecule has 0 saturated heterocycles. The van der Waals surface area contributed by atoms with Crippen LogP contribution in [0.3, 0.4) is 0 Å². The second kappa shape index (κ2) is 24.4. The molecule has 24 heavy (non-hydrogen) atoms. The van der Waals surface area contributed by atoms with Gasteiger partial charge in [-0.1, -0.05) is 147 Å². The number of unbranched alkanes of at least 4 members (excludes halogenated alkanes) is 14. The van der Waals surface area contributed by atoms with Gasteiger partial charge in [0.1, 0.15) is 0 Å². The van der Waals surface area contributed by atoms with Crippen molar-refractivity contribution >= 4 is 0 Å². The van der Waals surface area contributed by atoms with Gasteiger partial charge in [-0.2, -0.15) is 0 Å². The molecule has 1 heteroatoms. The van der Waals surface area contributed by atoms with Gasteiger partial charge in [0.05, 0.1) is 0 Å². The molecule has 0 bridgehead atoms. The van der Waals surface area contributed by atoms with Crippen LogP contribution in [0, 0.1) is 0 Å². The average Bonchev–Trinajstić information content (AvgIpc) is 2.61. The first-order valence-electron chi connectivity index (χ1n) is 10.4.